The minimum atomic E-state index is -0.450. The molecule has 25 heavy (non-hydrogen) atoms. The van der Waals surface area contributed by atoms with Gasteiger partial charge in [0.25, 0.3) is 5.91 Å². The van der Waals surface area contributed by atoms with Gasteiger partial charge >= 0.3 is 0 Å². The Balaban J connectivity index is 1.60. The van der Waals surface area contributed by atoms with Crippen molar-refractivity contribution >= 4 is 5.91 Å². The molecule has 0 bridgehead atoms. The lowest BCUT2D eigenvalue weighted by Gasteiger charge is -2.26. The Kier molecular flexibility index (Phi) is 6.56. The number of carbonyl (C=O) groups is 1. The summed E-state index contributed by atoms with van der Waals surface area (Å²) in [5.41, 5.74) is 2.13. The van der Waals surface area contributed by atoms with Gasteiger partial charge in [0.2, 0.25) is 0 Å². The second-order valence-corrected chi connectivity index (χ2v) is 6.04. The van der Waals surface area contributed by atoms with Crippen molar-refractivity contribution in [1.82, 2.24) is 10.6 Å². The van der Waals surface area contributed by atoms with Crippen LogP contribution in [0.25, 0.3) is 0 Å². The summed E-state index contributed by atoms with van der Waals surface area (Å²) in [6.45, 7) is 2.80. The van der Waals surface area contributed by atoms with E-state index in [1.807, 2.05) is 60.7 Å². The molecule has 2 aromatic rings. The van der Waals surface area contributed by atoms with Crippen LogP contribution in [0.1, 0.15) is 17.2 Å². The van der Waals surface area contributed by atoms with Crippen molar-refractivity contribution in [3.05, 3.63) is 71.8 Å². The molecule has 0 unspecified atom stereocenters. The lowest BCUT2D eigenvalue weighted by Crippen LogP contribution is -2.49. The van der Waals surface area contributed by atoms with E-state index >= 15 is 0 Å². The molecular formula is C20H24N2O3. The summed E-state index contributed by atoms with van der Waals surface area (Å²) in [6, 6.07) is 19.7. The zero-order valence-corrected chi connectivity index (χ0v) is 14.2. The Hall–Kier alpha value is -2.21. The van der Waals surface area contributed by atoms with Crippen molar-refractivity contribution < 1.29 is 14.3 Å². The molecule has 0 aromatic heterocycles. The first-order valence-corrected chi connectivity index (χ1v) is 8.62. The van der Waals surface area contributed by atoms with Crippen molar-refractivity contribution in [3.63, 3.8) is 0 Å². The highest BCUT2D eigenvalue weighted by Gasteiger charge is 2.24. The second-order valence-electron chi connectivity index (χ2n) is 6.04. The highest BCUT2D eigenvalue weighted by Crippen LogP contribution is 2.15. The van der Waals surface area contributed by atoms with Gasteiger partial charge in [0, 0.05) is 13.1 Å². The smallest absolute Gasteiger partial charge is 0.251 e. The third kappa shape index (κ3) is 5.39. The van der Waals surface area contributed by atoms with Crippen LogP contribution in [0.5, 0.6) is 0 Å². The van der Waals surface area contributed by atoms with Crippen molar-refractivity contribution in [2.45, 2.75) is 18.8 Å². The highest BCUT2D eigenvalue weighted by atomic mass is 16.5. The number of ether oxygens (including phenoxy) is 2. The Morgan fingerprint density at radius 3 is 2.56 bits per heavy atom. The van der Waals surface area contributed by atoms with Crippen LogP contribution in [0, 0.1) is 0 Å². The average molecular weight is 340 g/mol. The fraction of sp³-hybridized carbons (Fsp3) is 0.350. The minimum absolute atomic E-state index is 0.107. The van der Waals surface area contributed by atoms with Gasteiger partial charge in [-0.25, -0.2) is 0 Å². The van der Waals surface area contributed by atoms with E-state index < -0.39 is 6.10 Å². The molecular weight excluding hydrogens is 316 g/mol. The molecule has 132 valence electrons. The largest absolute Gasteiger partial charge is 0.374 e. The maximum Gasteiger partial charge on any atom is 0.251 e. The van der Waals surface area contributed by atoms with Gasteiger partial charge in [-0.05, 0) is 11.1 Å². The molecule has 2 atom stereocenters. The highest BCUT2D eigenvalue weighted by molar-refractivity contribution is 5.81. The molecule has 1 amide bonds. The standard InChI is InChI=1S/C20H24N2O3/c23-20(19-13-21-11-12-25-19)22-18(17-9-5-2-6-10-17)15-24-14-16-7-3-1-4-8-16/h1-10,18-19,21H,11-15H2,(H,22,23)/t18-,19+/m1/s1. The van der Waals surface area contributed by atoms with E-state index in [1.54, 1.807) is 0 Å². The van der Waals surface area contributed by atoms with E-state index in [2.05, 4.69) is 10.6 Å². The monoisotopic (exact) mass is 340 g/mol. The number of hydrogen-bond acceptors (Lipinski definition) is 4. The molecule has 0 aliphatic carbocycles. The summed E-state index contributed by atoms with van der Waals surface area (Å²) in [4.78, 5) is 12.5. The summed E-state index contributed by atoms with van der Waals surface area (Å²) < 4.78 is 11.4. The third-order valence-corrected chi connectivity index (χ3v) is 4.13. The molecule has 1 heterocycles. The zero-order chi connectivity index (χ0) is 17.3. The second kappa shape index (κ2) is 9.32. The number of carbonyl (C=O) groups excluding carboxylic acids is 1. The van der Waals surface area contributed by atoms with Gasteiger partial charge in [0.15, 0.2) is 0 Å². The molecule has 2 N–H and O–H groups in total. The number of hydrogen-bond donors (Lipinski definition) is 2. The third-order valence-electron chi connectivity index (χ3n) is 4.13. The first-order chi connectivity index (χ1) is 12.3. The van der Waals surface area contributed by atoms with Crippen molar-refractivity contribution in [2.75, 3.05) is 26.3 Å². The molecule has 1 fully saturated rings. The van der Waals surface area contributed by atoms with Crippen molar-refractivity contribution in [2.24, 2.45) is 0 Å². The molecule has 0 spiro atoms. The topological polar surface area (TPSA) is 59.6 Å². The number of benzene rings is 2. The predicted molar refractivity (Wildman–Crippen MR) is 96.0 cm³/mol. The minimum Gasteiger partial charge on any atom is -0.374 e. The molecule has 0 radical (unpaired) electrons. The summed E-state index contributed by atoms with van der Waals surface area (Å²) in [5.74, 6) is -0.107. The molecule has 5 heteroatoms. The molecule has 0 saturated carbocycles. The summed E-state index contributed by atoms with van der Waals surface area (Å²) in [6.07, 6.45) is -0.450. The van der Waals surface area contributed by atoms with E-state index in [0.29, 0.717) is 26.4 Å². The van der Waals surface area contributed by atoms with E-state index in [9.17, 15) is 4.79 Å². The lowest BCUT2D eigenvalue weighted by atomic mass is 10.1. The summed E-state index contributed by atoms with van der Waals surface area (Å²) in [5, 5.41) is 6.24. The van der Waals surface area contributed by atoms with Crippen molar-refractivity contribution in [3.8, 4) is 0 Å². The quantitative estimate of drug-likeness (QED) is 0.810. The van der Waals surface area contributed by atoms with E-state index in [4.69, 9.17) is 9.47 Å². The number of nitrogens with one attached hydrogen (secondary N) is 2. The fourth-order valence-electron chi connectivity index (χ4n) is 2.77. The predicted octanol–water partition coefficient (Wildman–Crippen LogP) is 2.05. The maximum atomic E-state index is 12.5. The van der Waals surface area contributed by atoms with Crippen LogP contribution in [-0.2, 0) is 20.9 Å². The number of morpholine rings is 1. The van der Waals surface area contributed by atoms with Gasteiger partial charge in [-0.3, -0.25) is 4.79 Å². The van der Waals surface area contributed by atoms with Crippen LogP contribution in [0.15, 0.2) is 60.7 Å². The van der Waals surface area contributed by atoms with E-state index in [-0.39, 0.29) is 11.9 Å². The average Bonchev–Trinajstić information content (AvgIpc) is 2.69. The molecule has 1 aliphatic rings. The molecule has 3 rings (SSSR count). The Morgan fingerprint density at radius 1 is 1.16 bits per heavy atom. The number of rotatable bonds is 7. The van der Waals surface area contributed by atoms with Gasteiger partial charge in [-0.2, -0.15) is 0 Å². The van der Waals surface area contributed by atoms with Crippen LogP contribution < -0.4 is 10.6 Å². The van der Waals surface area contributed by atoms with Crippen molar-refractivity contribution in [1.29, 1.82) is 0 Å². The van der Waals surface area contributed by atoms with Gasteiger partial charge in [0.1, 0.15) is 6.10 Å². The Bertz CT molecular complexity index is 643. The normalized spacial score (nSPS) is 18.5. The number of amides is 1. The van der Waals surface area contributed by atoms with E-state index in [0.717, 1.165) is 17.7 Å². The fourth-order valence-corrected chi connectivity index (χ4v) is 2.77. The SMILES string of the molecule is O=C(N[C@H](COCc1ccccc1)c1ccccc1)[C@@H]1CNCCO1. The van der Waals surface area contributed by atoms with Crippen LogP contribution in [0.3, 0.4) is 0 Å². The Morgan fingerprint density at radius 2 is 1.88 bits per heavy atom. The van der Waals surface area contributed by atoms with Crippen LogP contribution in [-0.4, -0.2) is 38.3 Å². The van der Waals surface area contributed by atoms with Crippen LogP contribution in [0.2, 0.25) is 0 Å². The molecule has 1 saturated heterocycles. The van der Waals surface area contributed by atoms with Gasteiger partial charge in [-0.1, -0.05) is 60.7 Å². The summed E-state index contributed by atoms with van der Waals surface area (Å²) in [7, 11) is 0. The molecule has 5 nitrogen and oxygen atoms in total. The Labute approximate surface area is 148 Å². The molecule has 1 aliphatic heterocycles. The van der Waals surface area contributed by atoms with Gasteiger partial charge < -0.3 is 20.1 Å². The van der Waals surface area contributed by atoms with Crippen LogP contribution >= 0.6 is 0 Å². The first kappa shape index (κ1) is 17.6. The van der Waals surface area contributed by atoms with Gasteiger partial charge in [-0.15, -0.1) is 0 Å². The van der Waals surface area contributed by atoms with Crippen LogP contribution in [0.4, 0.5) is 0 Å². The zero-order valence-electron chi connectivity index (χ0n) is 14.2. The summed E-state index contributed by atoms with van der Waals surface area (Å²) >= 11 is 0. The van der Waals surface area contributed by atoms with E-state index in [1.165, 1.54) is 0 Å². The first-order valence-electron chi connectivity index (χ1n) is 8.62. The lowest BCUT2D eigenvalue weighted by molar-refractivity contribution is -0.135. The molecule has 2 aromatic carbocycles. The maximum absolute atomic E-state index is 12.5. The van der Waals surface area contributed by atoms with Gasteiger partial charge in [0.05, 0.1) is 25.9 Å².